The van der Waals surface area contributed by atoms with Crippen molar-refractivity contribution in [2.45, 2.75) is 20.0 Å². The number of nitrogens with zero attached hydrogens (tertiary/aromatic N) is 3. The van der Waals surface area contributed by atoms with Gasteiger partial charge in [-0.05, 0) is 26.0 Å². The third-order valence-electron chi connectivity index (χ3n) is 3.09. The highest BCUT2D eigenvalue weighted by Crippen LogP contribution is 2.22. The van der Waals surface area contributed by atoms with Crippen LogP contribution in [0.1, 0.15) is 12.6 Å². The summed E-state index contributed by atoms with van der Waals surface area (Å²) in [6, 6.07) is 8.79. The van der Waals surface area contributed by atoms with E-state index in [1.165, 1.54) is 4.90 Å². The minimum atomic E-state index is -0.585. The molecule has 0 fully saturated rings. The van der Waals surface area contributed by atoms with Crippen LogP contribution in [0, 0.1) is 6.92 Å². The molecular weight excluding hydrogens is 304 g/mol. The van der Waals surface area contributed by atoms with Crippen molar-refractivity contribution < 1.29 is 9.90 Å². The summed E-state index contributed by atoms with van der Waals surface area (Å²) >= 11 is 6.17. The van der Waals surface area contributed by atoms with Crippen molar-refractivity contribution in [1.82, 2.24) is 14.7 Å². The molecule has 2 amide bonds. The number of aliphatic hydroxyl groups excluding tert-OH is 1. The smallest absolute Gasteiger partial charge is 0.322 e. The first-order valence-corrected chi connectivity index (χ1v) is 7.28. The molecule has 1 heterocycles. The Balaban J connectivity index is 2.17. The second-order valence-corrected chi connectivity index (χ2v) is 5.60. The van der Waals surface area contributed by atoms with Crippen LogP contribution in [-0.4, -0.2) is 45.5 Å². The van der Waals surface area contributed by atoms with E-state index in [2.05, 4.69) is 10.4 Å². The lowest BCUT2D eigenvalue weighted by molar-refractivity contribution is 0.149. The molecule has 7 heteroatoms. The number of likely N-dealkylation sites (N-methyl/N-ethyl adjacent to an activating group) is 1. The molecule has 0 aliphatic rings. The summed E-state index contributed by atoms with van der Waals surface area (Å²) in [7, 11) is 1.61. The number of halogens is 1. The number of nitrogens with one attached hydrogen (secondary N) is 1. The van der Waals surface area contributed by atoms with Gasteiger partial charge in [0.05, 0.1) is 16.8 Å². The van der Waals surface area contributed by atoms with Gasteiger partial charge in [0.15, 0.2) is 5.82 Å². The molecule has 1 unspecified atom stereocenters. The van der Waals surface area contributed by atoms with E-state index in [4.69, 9.17) is 11.6 Å². The maximum Gasteiger partial charge on any atom is 0.322 e. The molecular formula is C15H19ClN4O2. The van der Waals surface area contributed by atoms with Crippen LogP contribution in [0.5, 0.6) is 0 Å². The highest BCUT2D eigenvalue weighted by Gasteiger charge is 2.14. The van der Waals surface area contributed by atoms with E-state index in [9.17, 15) is 9.90 Å². The van der Waals surface area contributed by atoms with Gasteiger partial charge in [-0.15, -0.1) is 5.10 Å². The van der Waals surface area contributed by atoms with Gasteiger partial charge in [0, 0.05) is 25.4 Å². The standard InChI is InChI=1S/C15H19ClN4O2/c1-10-8-14(17-15(22)19(3)9-11(2)21)18-20(10)13-7-5-4-6-12(13)16/h4-8,11,21H,9H2,1-3H3,(H,17,18,22). The Morgan fingerprint density at radius 1 is 1.50 bits per heavy atom. The minimum Gasteiger partial charge on any atom is -0.392 e. The molecule has 1 aromatic carbocycles. The van der Waals surface area contributed by atoms with Crippen LogP contribution in [0.25, 0.3) is 5.69 Å². The van der Waals surface area contributed by atoms with E-state index in [-0.39, 0.29) is 12.6 Å². The fourth-order valence-electron chi connectivity index (χ4n) is 2.09. The summed E-state index contributed by atoms with van der Waals surface area (Å²) in [5.41, 5.74) is 1.60. The Morgan fingerprint density at radius 2 is 2.18 bits per heavy atom. The van der Waals surface area contributed by atoms with Crippen LogP contribution in [0.2, 0.25) is 5.02 Å². The molecule has 2 aromatic rings. The molecule has 0 saturated carbocycles. The minimum absolute atomic E-state index is 0.246. The molecule has 1 aromatic heterocycles. The highest BCUT2D eigenvalue weighted by molar-refractivity contribution is 6.32. The number of carbonyl (C=O) groups is 1. The predicted molar refractivity (Wildman–Crippen MR) is 86.6 cm³/mol. The maximum absolute atomic E-state index is 12.0. The van der Waals surface area contributed by atoms with Gasteiger partial charge in [-0.1, -0.05) is 23.7 Å². The molecule has 0 aliphatic carbocycles. The fourth-order valence-corrected chi connectivity index (χ4v) is 2.30. The topological polar surface area (TPSA) is 70.4 Å². The second-order valence-electron chi connectivity index (χ2n) is 5.19. The summed E-state index contributed by atoms with van der Waals surface area (Å²) in [5.74, 6) is 0.430. The van der Waals surface area contributed by atoms with E-state index in [0.29, 0.717) is 10.8 Å². The lowest BCUT2D eigenvalue weighted by Gasteiger charge is -2.18. The molecule has 118 valence electrons. The molecule has 22 heavy (non-hydrogen) atoms. The Labute approximate surface area is 134 Å². The molecule has 0 bridgehead atoms. The van der Waals surface area contributed by atoms with Gasteiger partial charge in [-0.2, -0.15) is 0 Å². The van der Waals surface area contributed by atoms with Crippen LogP contribution in [0.15, 0.2) is 30.3 Å². The van der Waals surface area contributed by atoms with Crippen molar-refractivity contribution in [3.05, 3.63) is 41.0 Å². The molecule has 0 radical (unpaired) electrons. The maximum atomic E-state index is 12.0. The molecule has 0 aliphatic heterocycles. The van der Waals surface area contributed by atoms with E-state index >= 15 is 0 Å². The largest absolute Gasteiger partial charge is 0.392 e. The number of anilines is 1. The third kappa shape index (κ3) is 3.78. The summed E-state index contributed by atoms with van der Waals surface area (Å²) in [4.78, 5) is 13.4. The molecule has 0 saturated heterocycles. The first kappa shape index (κ1) is 16.3. The molecule has 0 spiro atoms. The summed E-state index contributed by atoms with van der Waals surface area (Å²) in [6.45, 7) is 3.75. The summed E-state index contributed by atoms with van der Waals surface area (Å²) < 4.78 is 1.67. The normalized spacial score (nSPS) is 12.0. The van der Waals surface area contributed by atoms with Crippen LogP contribution in [0.3, 0.4) is 0 Å². The molecule has 2 N–H and O–H groups in total. The number of rotatable bonds is 4. The zero-order valence-electron chi connectivity index (χ0n) is 12.7. The van der Waals surface area contributed by atoms with Crippen molar-refractivity contribution >= 4 is 23.4 Å². The number of hydrogen-bond acceptors (Lipinski definition) is 3. The number of benzene rings is 1. The average Bonchev–Trinajstić information content (AvgIpc) is 2.79. The quantitative estimate of drug-likeness (QED) is 0.909. The van der Waals surface area contributed by atoms with Crippen molar-refractivity contribution in [3.8, 4) is 5.69 Å². The van der Waals surface area contributed by atoms with Gasteiger partial charge < -0.3 is 10.0 Å². The summed E-state index contributed by atoms with van der Waals surface area (Å²) in [6.07, 6.45) is -0.585. The van der Waals surface area contributed by atoms with Gasteiger partial charge in [-0.3, -0.25) is 5.32 Å². The zero-order chi connectivity index (χ0) is 16.3. The number of carbonyl (C=O) groups excluding carboxylic acids is 1. The number of amides is 2. The monoisotopic (exact) mass is 322 g/mol. The van der Waals surface area contributed by atoms with Crippen LogP contribution in [-0.2, 0) is 0 Å². The van der Waals surface area contributed by atoms with Gasteiger partial charge in [-0.25, -0.2) is 9.48 Å². The van der Waals surface area contributed by atoms with Crippen molar-refractivity contribution in [1.29, 1.82) is 0 Å². The lowest BCUT2D eigenvalue weighted by atomic mass is 10.3. The van der Waals surface area contributed by atoms with Crippen molar-refractivity contribution in [3.63, 3.8) is 0 Å². The molecule has 2 rings (SSSR count). The number of urea groups is 1. The van der Waals surface area contributed by atoms with Gasteiger partial charge in [0.2, 0.25) is 0 Å². The Morgan fingerprint density at radius 3 is 2.82 bits per heavy atom. The number of hydrogen-bond donors (Lipinski definition) is 2. The first-order valence-electron chi connectivity index (χ1n) is 6.90. The first-order chi connectivity index (χ1) is 10.4. The zero-order valence-corrected chi connectivity index (χ0v) is 13.5. The number of aromatic nitrogens is 2. The number of aliphatic hydroxyl groups is 1. The van der Waals surface area contributed by atoms with Crippen molar-refractivity contribution in [2.24, 2.45) is 0 Å². The van der Waals surface area contributed by atoms with Gasteiger partial charge in [0.1, 0.15) is 0 Å². The van der Waals surface area contributed by atoms with E-state index in [0.717, 1.165) is 11.4 Å². The SMILES string of the molecule is Cc1cc(NC(=O)N(C)CC(C)O)nn1-c1ccccc1Cl. The Hall–Kier alpha value is -2.05. The van der Waals surface area contributed by atoms with Crippen LogP contribution >= 0.6 is 11.6 Å². The van der Waals surface area contributed by atoms with Crippen molar-refractivity contribution in [2.75, 3.05) is 18.9 Å². The summed E-state index contributed by atoms with van der Waals surface area (Å²) in [5, 5.41) is 16.9. The van der Waals surface area contributed by atoms with E-state index < -0.39 is 6.10 Å². The lowest BCUT2D eigenvalue weighted by Crippen LogP contribution is -2.36. The molecule has 1 atom stereocenters. The Bertz CT molecular complexity index is 669. The van der Waals surface area contributed by atoms with E-state index in [1.54, 1.807) is 30.8 Å². The van der Waals surface area contributed by atoms with Gasteiger partial charge in [0.25, 0.3) is 0 Å². The fraction of sp³-hybridized carbons (Fsp3) is 0.333. The molecule has 6 nitrogen and oxygen atoms in total. The highest BCUT2D eigenvalue weighted by atomic mass is 35.5. The average molecular weight is 323 g/mol. The van der Waals surface area contributed by atoms with E-state index in [1.807, 2.05) is 25.1 Å². The number of aryl methyl sites for hydroxylation is 1. The second kappa shape index (κ2) is 6.81. The predicted octanol–water partition coefficient (Wildman–Crippen LogP) is 2.68. The van der Waals surface area contributed by atoms with Crippen LogP contribution < -0.4 is 5.32 Å². The third-order valence-corrected chi connectivity index (χ3v) is 3.41. The Kier molecular flexibility index (Phi) is 5.05. The van der Waals surface area contributed by atoms with Gasteiger partial charge >= 0.3 is 6.03 Å². The number of para-hydroxylation sites is 1. The van der Waals surface area contributed by atoms with Crippen LogP contribution in [0.4, 0.5) is 10.6 Å².